The largest absolute Gasteiger partial charge is 0.354 e. The van der Waals surface area contributed by atoms with Gasteiger partial charge in [-0.2, -0.15) is 4.98 Å². The zero-order chi connectivity index (χ0) is 15.0. The Hall–Kier alpha value is -1.39. The van der Waals surface area contributed by atoms with Gasteiger partial charge in [-0.1, -0.05) is 27.2 Å². The van der Waals surface area contributed by atoms with E-state index in [0.717, 1.165) is 38.8 Å². The summed E-state index contributed by atoms with van der Waals surface area (Å²) in [6, 6.07) is 0.268. The van der Waals surface area contributed by atoms with Crippen LogP contribution in [0.5, 0.6) is 0 Å². The molecule has 0 aromatic carbocycles. The standard InChI is InChI=1S/C15H27FN4/c1-5-8-10-20(12(4)7-3)14-13(16)11-18-15(19-14)17-9-6-2/h11-12H,5-10H2,1-4H3,(H,17,18,19). The van der Waals surface area contributed by atoms with Crippen molar-refractivity contribution in [2.75, 3.05) is 23.3 Å². The Labute approximate surface area is 121 Å². The van der Waals surface area contributed by atoms with Gasteiger partial charge in [0.25, 0.3) is 0 Å². The van der Waals surface area contributed by atoms with E-state index in [1.807, 2.05) is 0 Å². The van der Waals surface area contributed by atoms with Crippen LogP contribution in [0.4, 0.5) is 16.2 Å². The molecule has 1 heterocycles. The minimum atomic E-state index is -0.344. The molecule has 5 heteroatoms. The molecule has 0 aliphatic rings. The van der Waals surface area contributed by atoms with E-state index in [9.17, 15) is 4.39 Å². The zero-order valence-electron chi connectivity index (χ0n) is 13.1. The van der Waals surface area contributed by atoms with E-state index >= 15 is 0 Å². The summed E-state index contributed by atoms with van der Waals surface area (Å²) in [7, 11) is 0. The molecule has 1 N–H and O–H groups in total. The van der Waals surface area contributed by atoms with E-state index in [1.54, 1.807) is 0 Å². The molecule has 0 aliphatic heterocycles. The highest BCUT2D eigenvalue weighted by atomic mass is 19.1. The normalized spacial score (nSPS) is 12.2. The summed E-state index contributed by atoms with van der Waals surface area (Å²) < 4.78 is 14.1. The second-order valence-electron chi connectivity index (χ2n) is 5.10. The Bertz CT molecular complexity index is 397. The molecular formula is C15H27FN4. The summed E-state index contributed by atoms with van der Waals surface area (Å²) in [5.41, 5.74) is 0. The van der Waals surface area contributed by atoms with Gasteiger partial charge in [0.05, 0.1) is 6.20 Å². The average Bonchev–Trinajstić information content (AvgIpc) is 2.47. The fourth-order valence-electron chi connectivity index (χ4n) is 1.97. The molecule has 1 unspecified atom stereocenters. The van der Waals surface area contributed by atoms with Gasteiger partial charge in [0.2, 0.25) is 5.95 Å². The first-order valence-electron chi connectivity index (χ1n) is 7.67. The van der Waals surface area contributed by atoms with Crippen molar-refractivity contribution in [3.8, 4) is 0 Å². The lowest BCUT2D eigenvalue weighted by Crippen LogP contribution is -2.35. The maximum Gasteiger partial charge on any atom is 0.224 e. The number of unbranched alkanes of at least 4 members (excludes halogenated alkanes) is 1. The molecule has 4 nitrogen and oxygen atoms in total. The lowest BCUT2D eigenvalue weighted by Gasteiger charge is -2.30. The Morgan fingerprint density at radius 3 is 2.65 bits per heavy atom. The van der Waals surface area contributed by atoms with Gasteiger partial charge >= 0.3 is 0 Å². The van der Waals surface area contributed by atoms with Crippen molar-refractivity contribution in [1.29, 1.82) is 0 Å². The molecule has 0 radical (unpaired) electrons. The van der Waals surface area contributed by atoms with Crippen molar-refractivity contribution >= 4 is 11.8 Å². The summed E-state index contributed by atoms with van der Waals surface area (Å²) in [5, 5.41) is 3.11. The highest BCUT2D eigenvalue weighted by molar-refractivity contribution is 5.44. The lowest BCUT2D eigenvalue weighted by atomic mass is 10.2. The average molecular weight is 282 g/mol. The van der Waals surface area contributed by atoms with Crippen molar-refractivity contribution in [2.24, 2.45) is 0 Å². The molecule has 0 fully saturated rings. The van der Waals surface area contributed by atoms with Gasteiger partial charge in [0.15, 0.2) is 11.6 Å². The van der Waals surface area contributed by atoms with E-state index in [4.69, 9.17) is 0 Å². The third-order valence-corrected chi connectivity index (χ3v) is 3.41. The second-order valence-corrected chi connectivity index (χ2v) is 5.10. The number of anilines is 2. The van der Waals surface area contributed by atoms with Crippen molar-refractivity contribution in [2.45, 2.75) is 59.4 Å². The van der Waals surface area contributed by atoms with Crippen LogP contribution >= 0.6 is 0 Å². The fraction of sp³-hybridized carbons (Fsp3) is 0.733. The number of rotatable bonds is 9. The van der Waals surface area contributed by atoms with Crippen LogP contribution in [0.25, 0.3) is 0 Å². The molecular weight excluding hydrogens is 255 g/mol. The molecule has 1 atom stereocenters. The number of aromatic nitrogens is 2. The van der Waals surface area contributed by atoms with Crippen LogP contribution in [0.15, 0.2) is 6.20 Å². The summed E-state index contributed by atoms with van der Waals surface area (Å²) >= 11 is 0. The van der Waals surface area contributed by atoms with Crippen LogP contribution in [0.1, 0.15) is 53.4 Å². The van der Waals surface area contributed by atoms with Crippen LogP contribution in [0, 0.1) is 5.82 Å². The van der Waals surface area contributed by atoms with Gasteiger partial charge in [0.1, 0.15) is 0 Å². The number of halogens is 1. The second kappa shape index (κ2) is 8.72. The Morgan fingerprint density at radius 1 is 1.30 bits per heavy atom. The quantitative estimate of drug-likeness (QED) is 0.747. The van der Waals surface area contributed by atoms with E-state index < -0.39 is 0 Å². The number of hydrogen-bond acceptors (Lipinski definition) is 4. The zero-order valence-corrected chi connectivity index (χ0v) is 13.1. The van der Waals surface area contributed by atoms with Gasteiger partial charge in [-0.25, -0.2) is 9.37 Å². The smallest absolute Gasteiger partial charge is 0.224 e. The maximum atomic E-state index is 14.1. The summed E-state index contributed by atoms with van der Waals surface area (Å²) in [6.07, 6.45) is 5.33. The highest BCUT2D eigenvalue weighted by Gasteiger charge is 2.19. The monoisotopic (exact) mass is 282 g/mol. The topological polar surface area (TPSA) is 41.1 Å². The van der Waals surface area contributed by atoms with Crippen LogP contribution in [-0.4, -0.2) is 29.1 Å². The molecule has 1 aromatic rings. The van der Waals surface area contributed by atoms with Gasteiger partial charge in [0, 0.05) is 19.1 Å². The Morgan fingerprint density at radius 2 is 2.05 bits per heavy atom. The first-order chi connectivity index (χ1) is 9.63. The molecule has 114 valence electrons. The highest BCUT2D eigenvalue weighted by Crippen LogP contribution is 2.21. The van der Waals surface area contributed by atoms with Crippen molar-refractivity contribution < 1.29 is 4.39 Å². The van der Waals surface area contributed by atoms with Gasteiger partial charge in [-0.3, -0.25) is 0 Å². The molecule has 0 saturated carbocycles. The predicted molar refractivity (Wildman–Crippen MR) is 82.8 cm³/mol. The van der Waals surface area contributed by atoms with E-state index in [-0.39, 0.29) is 11.9 Å². The number of hydrogen-bond donors (Lipinski definition) is 1. The number of nitrogens with zero attached hydrogens (tertiary/aromatic N) is 3. The molecule has 0 bridgehead atoms. The van der Waals surface area contributed by atoms with Crippen molar-refractivity contribution in [3.05, 3.63) is 12.0 Å². The SMILES string of the molecule is CCCCN(c1nc(NCCC)ncc1F)C(C)CC. The summed E-state index contributed by atoms with van der Waals surface area (Å²) in [4.78, 5) is 10.4. The van der Waals surface area contributed by atoms with Gasteiger partial charge in [-0.15, -0.1) is 0 Å². The first kappa shape index (κ1) is 16.7. The minimum absolute atomic E-state index is 0.268. The molecule has 20 heavy (non-hydrogen) atoms. The summed E-state index contributed by atoms with van der Waals surface area (Å²) in [5.74, 6) is 0.581. The Kier molecular flexibility index (Phi) is 7.26. The van der Waals surface area contributed by atoms with Crippen LogP contribution in [0.2, 0.25) is 0 Å². The summed E-state index contributed by atoms with van der Waals surface area (Å²) in [6.45, 7) is 10.1. The molecule has 1 aromatic heterocycles. The molecule has 0 saturated heterocycles. The van der Waals surface area contributed by atoms with E-state index in [2.05, 4.69) is 47.9 Å². The fourth-order valence-corrected chi connectivity index (χ4v) is 1.97. The van der Waals surface area contributed by atoms with Crippen LogP contribution in [-0.2, 0) is 0 Å². The van der Waals surface area contributed by atoms with Crippen molar-refractivity contribution in [1.82, 2.24) is 9.97 Å². The third-order valence-electron chi connectivity index (χ3n) is 3.41. The lowest BCUT2D eigenvalue weighted by molar-refractivity contribution is 0.552. The predicted octanol–water partition coefficient (Wildman–Crippen LogP) is 3.84. The van der Waals surface area contributed by atoms with E-state index in [1.165, 1.54) is 6.20 Å². The molecule has 1 rings (SSSR count). The number of nitrogens with one attached hydrogen (secondary N) is 1. The van der Waals surface area contributed by atoms with Gasteiger partial charge < -0.3 is 10.2 Å². The Balaban J connectivity index is 2.97. The van der Waals surface area contributed by atoms with Gasteiger partial charge in [-0.05, 0) is 26.2 Å². The molecule has 0 spiro atoms. The minimum Gasteiger partial charge on any atom is -0.354 e. The maximum absolute atomic E-state index is 14.1. The first-order valence-corrected chi connectivity index (χ1v) is 7.67. The molecule has 0 amide bonds. The van der Waals surface area contributed by atoms with Crippen LogP contribution in [0.3, 0.4) is 0 Å². The van der Waals surface area contributed by atoms with Crippen LogP contribution < -0.4 is 10.2 Å². The van der Waals surface area contributed by atoms with E-state index in [0.29, 0.717) is 11.8 Å². The van der Waals surface area contributed by atoms with Crippen molar-refractivity contribution in [3.63, 3.8) is 0 Å². The third kappa shape index (κ3) is 4.62. The molecule has 0 aliphatic carbocycles.